The van der Waals surface area contributed by atoms with Crippen LogP contribution >= 0.6 is 0 Å². The summed E-state index contributed by atoms with van der Waals surface area (Å²) in [4.78, 5) is 35.4. The third-order valence-corrected chi connectivity index (χ3v) is 9.94. The summed E-state index contributed by atoms with van der Waals surface area (Å²) in [5, 5.41) is 12.8. The van der Waals surface area contributed by atoms with Crippen molar-refractivity contribution in [2.45, 2.75) is 38.4 Å². The first-order chi connectivity index (χ1) is 24.1. The van der Waals surface area contributed by atoms with Crippen molar-refractivity contribution in [3.05, 3.63) is 112 Å². The molecule has 5 heterocycles. The van der Waals surface area contributed by atoms with Gasteiger partial charge in [0.05, 0.1) is 28.9 Å². The van der Waals surface area contributed by atoms with Crippen LogP contribution in [0.1, 0.15) is 58.5 Å². The minimum Gasteiger partial charge on any atom is -0.370 e. The largest absolute Gasteiger partial charge is 0.370 e. The number of rotatable bonds is 8. The third-order valence-electron chi connectivity index (χ3n) is 8.83. The fourth-order valence-corrected chi connectivity index (χ4v) is 7.63. The van der Waals surface area contributed by atoms with Crippen LogP contribution < -0.4 is 25.2 Å². The van der Waals surface area contributed by atoms with E-state index in [1.54, 1.807) is 34.6 Å². The van der Waals surface area contributed by atoms with Gasteiger partial charge in [-0.25, -0.2) is 9.50 Å². The van der Waals surface area contributed by atoms with Crippen LogP contribution in [-0.2, 0) is 23.8 Å². The number of amides is 1. The second kappa shape index (κ2) is 11.9. The number of para-hydroxylation sites is 1. The van der Waals surface area contributed by atoms with E-state index in [-0.39, 0.29) is 28.6 Å². The molecular weight excluding hydrogens is 657 g/mol. The van der Waals surface area contributed by atoms with E-state index >= 15 is 0 Å². The zero-order valence-electron chi connectivity index (χ0n) is 27.4. The van der Waals surface area contributed by atoms with Crippen LogP contribution in [0.25, 0.3) is 22.1 Å². The van der Waals surface area contributed by atoms with E-state index < -0.39 is 22.2 Å². The summed E-state index contributed by atoms with van der Waals surface area (Å²) < 4.78 is 35.4. The average molecular weight is 689 g/mol. The summed E-state index contributed by atoms with van der Waals surface area (Å²) in [5.41, 5.74) is 4.10. The highest BCUT2D eigenvalue weighted by Crippen LogP contribution is 2.40. The highest BCUT2D eigenvalue weighted by atomic mass is 32.2. The van der Waals surface area contributed by atoms with Crippen LogP contribution in [0.5, 0.6) is 0 Å². The standard InChI is InChI=1S/C35H32N10O4S/c1-21(38-34(46)30-32(39-44-17-7-16-36-33(30)44)41-50(48,49)40-24-13-14-24)31-26-20-42(2)27-15-12-23(11-10-22-18-37-43(3)19-22)28(29(26)27)35(47)45(31)25-8-5-4-6-9-25/h4-9,12,15-19,21,24,40H,13-14,20H2,1-3H3,(H,38,46)(H,39,41)/t21-/m1/s1. The van der Waals surface area contributed by atoms with Gasteiger partial charge in [0.2, 0.25) is 0 Å². The Balaban J connectivity index is 1.27. The quantitative estimate of drug-likeness (QED) is 0.206. The number of fused-ring (bicyclic) bond motifs is 1. The summed E-state index contributed by atoms with van der Waals surface area (Å²) in [5.74, 6) is 5.57. The van der Waals surface area contributed by atoms with Crippen molar-refractivity contribution in [2.75, 3.05) is 16.7 Å². The molecule has 4 aromatic heterocycles. The minimum absolute atomic E-state index is 0.0461. The molecule has 50 heavy (non-hydrogen) atoms. The lowest BCUT2D eigenvalue weighted by Gasteiger charge is -2.23. The minimum atomic E-state index is -4.01. The number of carbonyl (C=O) groups is 1. The smallest absolute Gasteiger partial charge is 0.300 e. The second-order valence-electron chi connectivity index (χ2n) is 12.5. The monoisotopic (exact) mass is 688 g/mol. The highest BCUT2D eigenvalue weighted by molar-refractivity contribution is 7.90. The van der Waals surface area contributed by atoms with Crippen LogP contribution in [0.15, 0.2) is 78.1 Å². The van der Waals surface area contributed by atoms with E-state index in [4.69, 9.17) is 0 Å². The third kappa shape index (κ3) is 5.54. The fraction of sp³-hybridized carbons (Fsp3) is 0.229. The van der Waals surface area contributed by atoms with Crippen molar-refractivity contribution in [3.63, 3.8) is 0 Å². The number of carbonyl (C=O) groups excluding carboxylic acids is 1. The number of aryl methyl sites for hydroxylation is 1. The molecule has 8 rings (SSSR count). The Morgan fingerprint density at radius 2 is 1.84 bits per heavy atom. The van der Waals surface area contributed by atoms with Gasteiger partial charge in [0.25, 0.3) is 11.5 Å². The van der Waals surface area contributed by atoms with Crippen molar-refractivity contribution in [2.24, 2.45) is 7.05 Å². The molecule has 1 aliphatic heterocycles. The number of hydrogen-bond donors (Lipinski definition) is 3. The number of benzene rings is 2. The van der Waals surface area contributed by atoms with Gasteiger partial charge in [-0.2, -0.15) is 18.2 Å². The van der Waals surface area contributed by atoms with Crippen molar-refractivity contribution in [3.8, 4) is 17.5 Å². The molecule has 0 unspecified atom stereocenters. The van der Waals surface area contributed by atoms with Crippen molar-refractivity contribution < 1.29 is 13.2 Å². The van der Waals surface area contributed by atoms with Gasteiger partial charge in [-0.3, -0.25) is 23.6 Å². The van der Waals surface area contributed by atoms with Gasteiger partial charge in [-0.05, 0) is 50.1 Å². The van der Waals surface area contributed by atoms with Crippen molar-refractivity contribution in [1.82, 2.24) is 39.0 Å². The molecule has 0 bridgehead atoms. The van der Waals surface area contributed by atoms with Crippen molar-refractivity contribution >= 4 is 44.0 Å². The fourth-order valence-electron chi connectivity index (χ4n) is 6.50. The van der Waals surface area contributed by atoms with Gasteiger partial charge in [0, 0.05) is 73.2 Å². The molecule has 0 radical (unpaired) electrons. The zero-order valence-corrected chi connectivity index (χ0v) is 28.2. The average Bonchev–Trinajstić information content (AvgIpc) is 3.51. The Bertz CT molecular complexity index is 2580. The molecule has 2 aromatic carbocycles. The first-order valence-electron chi connectivity index (χ1n) is 16.0. The lowest BCUT2D eigenvalue weighted by atomic mass is 9.97. The molecule has 6 aromatic rings. The Morgan fingerprint density at radius 3 is 2.58 bits per heavy atom. The van der Waals surface area contributed by atoms with Gasteiger partial charge in [-0.1, -0.05) is 30.0 Å². The lowest BCUT2D eigenvalue weighted by molar-refractivity contribution is 0.0941. The molecule has 1 fully saturated rings. The van der Waals surface area contributed by atoms with Gasteiger partial charge in [0.1, 0.15) is 5.56 Å². The van der Waals surface area contributed by atoms with E-state index in [1.165, 1.54) is 10.7 Å². The molecule has 0 saturated heterocycles. The van der Waals surface area contributed by atoms with E-state index in [0.717, 1.165) is 35.0 Å². The number of nitrogens with zero attached hydrogens (tertiary/aromatic N) is 7. The summed E-state index contributed by atoms with van der Waals surface area (Å²) >= 11 is 0. The maximum atomic E-state index is 14.8. The van der Waals surface area contributed by atoms with Crippen LogP contribution in [0, 0.1) is 11.8 Å². The van der Waals surface area contributed by atoms with Gasteiger partial charge in [0.15, 0.2) is 11.5 Å². The summed E-state index contributed by atoms with van der Waals surface area (Å²) in [7, 11) is -0.240. The molecule has 1 amide bonds. The zero-order chi connectivity index (χ0) is 34.7. The van der Waals surface area contributed by atoms with Crippen LogP contribution in [0.2, 0.25) is 0 Å². The predicted octanol–water partition coefficient (Wildman–Crippen LogP) is 3.02. The molecular formula is C35H32N10O4S. The number of hydrogen-bond acceptors (Lipinski definition) is 8. The lowest BCUT2D eigenvalue weighted by Crippen LogP contribution is -2.35. The van der Waals surface area contributed by atoms with Gasteiger partial charge >= 0.3 is 10.2 Å². The Kier molecular flexibility index (Phi) is 7.43. The van der Waals surface area contributed by atoms with Crippen molar-refractivity contribution in [1.29, 1.82) is 0 Å². The van der Waals surface area contributed by atoms with E-state index in [0.29, 0.717) is 28.9 Å². The predicted molar refractivity (Wildman–Crippen MR) is 188 cm³/mol. The molecule has 2 aliphatic rings. The molecule has 14 nitrogen and oxygen atoms in total. The van der Waals surface area contributed by atoms with Crippen LogP contribution in [0.3, 0.4) is 0 Å². The first kappa shape index (κ1) is 31.3. The number of nitrogens with one attached hydrogen (secondary N) is 3. The highest BCUT2D eigenvalue weighted by Gasteiger charge is 2.33. The molecule has 252 valence electrons. The van der Waals surface area contributed by atoms with Gasteiger partial charge < -0.3 is 10.2 Å². The van der Waals surface area contributed by atoms with E-state index in [1.807, 2.05) is 62.8 Å². The maximum Gasteiger partial charge on any atom is 0.300 e. The molecule has 1 saturated carbocycles. The molecule has 0 spiro atoms. The van der Waals surface area contributed by atoms with Crippen LogP contribution in [0.4, 0.5) is 11.5 Å². The Hall–Kier alpha value is -5.98. The topological polar surface area (TPSA) is 161 Å². The molecule has 1 atom stereocenters. The summed E-state index contributed by atoms with van der Waals surface area (Å²) in [6.07, 6.45) is 8.05. The molecule has 15 heteroatoms. The normalized spacial score (nSPS) is 14.5. The van der Waals surface area contributed by atoms with E-state index in [9.17, 15) is 18.0 Å². The second-order valence-corrected chi connectivity index (χ2v) is 14.0. The number of pyridine rings is 1. The van der Waals surface area contributed by atoms with Gasteiger partial charge in [-0.15, -0.1) is 5.10 Å². The SMILES string of the molecule is C[C@@H](NC(=O)c1c(NS(=O)(=O)NC2CC2)nn2cccnc12)c1c2c3c(ccc(C#Cc4cnn(C)c4)c3c(=O)n1-c1ccccc1)N(C)C2. The number of aromatic nitrogens is 6. The number of anilines is 2. The summed E-state index contributed by atoms with van der Waals surface area (Å²) in [6, 6.07) is 13.8. The Labute approximate surface area is 286 Å². The molecule has 3 N–H and O–H groups in total. The maximum absolute atomic E-state index is 14.8. The molecule has 1 aliphatic carbocycles. The summed E-state index contributed by atoms with van der Waals surface area (Å²) in [6.45, 7) is 2.28. The van der Waals surface area contributed by atoms with Crippen LogP contribution in [-0.4, -0.2) is 56.4 Å². The van der Waals surface area contributed by atoms with E-state index in [2.05, 4.69) is 46.7 Å². The first-order valence-corrected chi connectivity index (χ1v) is 17.5. The Morgan fingerprint density at radius 1 is 1.04 bits per heavy atom.